The molecule has 0 amide bonds. The molecule has 2 aliphatic carbocycles. The molecule has 5 heteroatoms. The van der Waals surface area contributed by atoms with Gasteiger partial charge in [0, 0.05) is 17.7 Å². The van der Waals surface area contributed by atoms with Crippen LogP contribution in [0.3, 0.4) is 0 Å². The molecule has 0 bridgehead atoms. The van der Waals surface area contributed by atoms with Gasteiger partial charge in [-0.2, -0.15) is 5.10 Å². The third-order valence-corrected chi connectivity index (χ3v) is 4.53. The lowest BCUT2D eigenvalue weighted by Gasteiger charge is -2.06. The predicted molar refractivity (Wildman–Crippen MR) is 76.9 cm³/mol. The van der Waals surface area contributed by atoms with Gasteiger partial charge in [0.1, 0.15) is 0 Å². The molecule has 0 aliphatic heterocycles. The van der Waals surface area contributed by atoms with Crippen molar-refractivity contribution in [3.05, 3.63) is 40.8 Å². The lowest BCUT2D eigenvalue weighted by atomic mass is 10.1. The molecule has 0 spiro atoms. The van der Waals surface area contributed by atoms with Crippen molar-refractivity contribution in [1.29, 1.82) is 0 Å². The van der Waals surface area contributed by atoms with E-state index in [0.717, 1.165) is 42.8 Å². The number of hydrogen-bond donors (Lipinski definition) is 1. The maximum Gasteiger partial charge on any atom is 0.356 e. The van der Waals surface area contributed by atoms with Crippen molar-refractivity contribution < 1.29 is 9.90 Å². The summed E-state index contributed by atoms with van der Waals surface area (Å²) in [6.45, 7) is 2.14. The highest BCUT2D eigenvalue weighted by Gasteiger charge is 2.50. The molecule has 1 saturated carbocycles. The molecule has 2 atom stereocenters. The number of rotatable bonds is 4. The number of aromatic nitrogens is 3. The predicted octanol–water partition coefficient (Wildman–Crippen LogP) is 2.58. The summed E-state index contributed by atoms with van der Waals surface area (Å²) in [6, 6.07) is 4.00. The van der Waals surface area contributed by atoms with Crippen LogP contribution in [0.15, 0.2) is 18.3 Å². The largest absolute Gasteiger partial charge is 0.476 e. The van der Waals surface area contributed by atoms with Crippen LogP contribution >= 0.6 is 0 Å². The molecular formula is C16H17N3O2. The Balaban J connectivity index is 1.78. The molecular weight excluding hydrogens is 266 g/mol. The van der Waals surface area contributed by atoms with Crippen LogP contribution in [0.4, 0.5) is 0 Å². The summed E-state index contributed by atoms with van der Waals surface area (Å²) in [4.78, 5) is 15.8. The molecule has 2 aliphatic rings. The second kappa shape index (κ2) is 4.41. The summed E-state index contributed by atoms with van der Waals surface area (Å²) < 4.78 is 1.76. The van der Waals surface area contributed by atoms with E-state index in [4.69, 9.17) is 0 Å². The maximum absolute atomic E-state index is 11.4. The number of fused-ring (bicyclic) bond motifs is 3. The van der Waals surface area contributed by atoms with Gasteiger partial charge < -0.3 is 5.11 Å². The molecule has 4 rings (SSSR count). The normalized spacial score (nSPS) is 22.0. The van der Waals surface area contributed by atoms with Crippen molar-refractivity contribution in [3.8, 4) is 5.82 Å². The number of aromatic carboxylic acids is 1. The zero-order valence-corrected chi connectivity index (χ0v) is 11.9. The van der Waals surface area contributed by atoms with E-state index in [1.54, 1.807) is 4.68 Å². The van der Waals surface area contributed by atoms with Crippen LogP contribution < -0.4 is 0 Å². The van der Waals surface area contributed by atoms with Crippen LogP contribution in [-0.2, 0) is 12.8 Å². The molecule has 2 heterocycles. The smallest absolute Gasteiger partial charge is 0.356 e. The minimum Gasteiger partial charge on any atom is -0.476 e. The fourth-order valence-electron chi connectivity index (χ4n) is 3.44. The Morgan fingerprint density at radius 3 is 3.00 bits per heavy atom. The third-order valence-electron chi connectivity index (χ3n) is 4.53. The zero-order valence-electron chi connectivity index (χ0n) is 11.9. The second-order valence-corrected chi connectivity index (χ2v) is 6.01. The lowest BCUT2D eigenvalue weighted by Crippen LogP contribution is -2.06. The molecule has 1 fully saturated rings. The molecule has 0 aromatic carbocycles. The Morgan fingerprint density at radius 1 is 1.48 bits per heavy atom. The standard InChI is InChI=1S/C16H17N3O2/c1-2-3-9-4-5-13(17-8-9)19-15-11-6-10(11)7-12(15)14(18-19)16(20)21/h4-5,8,10-11H,2-3,6-7H2,1H3,(H,20,21)/t10-,11-/m0/s1. The summed E-state index contributed by atoms with van der Waals surface area (Å²) in [5, 5.41) is 13.6. The van der Waals surface area contributed by atoms with Crippen LogP contribution in [0.25, 0.3) is 5.82 Å². The minimum absolute atomic E-state index is 0.205. The zero-order chi connectivity index (χ0) is 14.6. The van der Waals surface area contributed by atoms with E-state index in [2.05, 4.69) is 23.1 Å². The van der Waals surface area contributed by atoms with E-state index in [1.165, 1.54) is 5.56 Å². The number of carboxylic acid groups (broad SMARTS) is 1. The van der Waals surface area contributed by atoms with E-state index < -0.39 is 5.97 Å². The van der Waals surface area contributed by atoms with Crippen molar-refractivity contribution in [2.45, 2.75) is 38.5 Å². The summed E-state index contributed by atoms with van der Waals surface area (Å²) in [5.41, 5.74) is 3.40. The van der Waals surface area contributed by atoms with Crippen LogP contribution in [0.1, 0.15) is 53.0 Å². The number of nitrogens with zero attached hydrogens (tertiary/aromatic N) is 3. The Hall–Kier alpha value is -2.17. The molecule has 0 radical (unpaired) electrons. The molecule has 1 N–H and O–H groups in total. The first-order chi connectivity index (χ1) is 10.2. The van der Waals surface area contributed by atoms with Gasteiger partial charge in [-0.25, -0.2) is 14.5 Å². The van der Waals surface area contributed by atoms with E-state index in [9.17, 15) is 9.90 Å². The number of aryl methyl sites for hydroxylation is 1. The van der Waals surface area contributed by atoms with Gasteiger partial charge in [0.25, 0.3) is 0 Å². The number of carboxylic acids is 1. The van der Waals surface area contributed by atoms with Crippen molar-refractivity contribution in [2.75, 3.05) is 0 Å². The molecule has 21 heavy (non-hydrogen) atoms. The first-order valence-corrected chi connectivity index (χ1v) is 7.49. The second-order valence-electron chi connectivity index (χ2n) is 6.01. The Bertz CT molecular complexity index is 718. The average molecular weight is 283 g/mol. The lowest BCUT2D eigenvalue weighted by molar-refractivity contribution is 0.0688. The molecule has 5 nitrogen and oxygen atoms in total. The van der Waals surface area contributed by atoms with Gasteiger partial charge in [0.05, 0.1) is 5.69 Å². The van der Waals surface area contributed by atoms with Crippen LogP contribution in [0, 0.1) is 5.92 Å². The highest BCUT2D eigenvalue weighted by atomic mass is 16.4. The molecule has 0 unspecified atom stereocenters. The van der Waals surface area contributed by atoms with Gasteiger partial charge in [0.2, 0.25) is 0 Å². The summed E-state index contributed by atoms with van der Waals surface area (Å²) in [5.74, 6) is 0.902. The highest BCUT2D eigenvalue weighted by Crippen LogP contribution is 2.57. The SMILES string of the molecule is CCCc1ccc(-n2nc(C(=O)O)c3c2[C@H]2C[C@H]2C3)nc1. The van der Waals surface area contributed by atoms with Gasteiger partial charge in [0.15, 0.2) is 11.5 Å². The summed E-state index contributed by atoms with van der Waals surface area (Å²) in [7, 11) is 0. The monoisotopic (exact) mass is 283 g/mol. The summed E-state index contributed by atoms with van der Waals surface area (Å²) in [6.07, 6.45) is 5.98. The quantitative estimate of drug-likeness (QED) is 0.936. The Kier molecular flexibility index (Phi) is 2.64. The fraction of sp³-hybridized carbons (Fsp3) is 0.438. The van der Waals surface area contributed by atoms with Crippen LogP contribution in [0.5, 0.6) is 0 Å². The van der Waals surface area contributed by atoms with E-state index in [0.29, 0.717) is 11.8 Å². The Labute approximate surface area is 122 Å². The number of carbonyl (C=O) groups is 1. The third kappa shape index (κ3) is 1.87. The highest BCUT2D eigenvalue weighted by molar-refractivity contribution is 5.88. The summed E-state index contributed by atoms with van der Waals surface area (Å²) >= 11 is 0. The van der Waals surface area contributed by atoms with E-state index in [1.807, 2.05) is 12.3 Å². The number of pyridine rings is 1. The van der Waals surface area contributed by atoms with E-state index in [-0.39, 0.29) is 5.69 Å². The molecule has 2 aromatic rings. The average Bonchev–Trinajstić information content (AvgIpc) is 2.97. The van der Waals surface area contributed by atoms with Crippen LogP contribution in [0.2, 0.25) is 0 Å². The van der Waals surface area contributed by atoms with Gasteiger partial charge in [-0.05, 0) is 36.8 Å². The topological polar surface area (TPSA) is 68.0 Å². The maximum atomic E-state index is 11.4. The number of hydrogen-bond acceptors (Lipinski definition) is 3. The van der Waals surface area contributed by atoms with E-state index >= 15 is 0 Å². The minimum atomic E-state index is -0.936. The molecule has 2 aromatic heterocycles. The first kappa shape index (κ1) is 12.6. The Morgan fingerprint density at radius 2 is 2.33 bits per heavy atom. The van der Waals surface area contributed by atoms with Gasteiger partial charge in [-0.1, -0.05) is 19.4 Å². The van der Waals surface area contributed by atoms with Crippen molar-refractivity contribution in [2.24, 2.45) is 5.92 Å². The van der Waals surface area contributed by atoms with Crippen molar-refractivity contribution in [1.82, 2.24) is 14.8 Å². The van der Waals surface area contributed by atoms with Crippen molar-refractivity contribution >= 4 is 5.97 Å². The van der Waals surface area contributed by atoms with Gasteiger partial charge >= 0.3 is 5.97 Å². The fourth-order valence-corrected chi connectivity index (χ4v) is 3.44. The van der Waals surface area contributed by atoms with Gasteiger partial charge in [-0.3, -0.25) is 0 Å². The molecule has 0 saturated heterocycles. The first-order valence-electron chi connectivity index (χ1n) is 7.49. The molecule has 108 valence electrons. The van der Waals surface area contributed by atoms with Gasteiger partial charge in [-0.15, -0.1) is 0 Å². The van der Waals surface area contributed by atoms with Crippen LogP contribution in [-0.4, -0.2) is 25.8 Å². The van der Waals surface area contributed by atoms with Crippen molar-refractivity contribution in [3.63, 3.8) is 0 Å².